The summed E-state index contributed by atoms with van der Waals surface area (Å²) in [6, 6.07) is 0.277. The fraction of sp³-hybridized carbons (Fsp3) is 0.632. The molecule has 1 saturated carbocycles. The molecular formula is C19H26N4O. The second kappa shape index (κ2) is 6.19. The third-order valence-electron chi connectivity index (χ3n) is 5.83. The van der Waals surface area contributed by atoms with Gasteiger partial charge in [-0.3, -0.25) is 4.79 Å². The molecule has 2 aromatic heterocycles. The van der Waals surface area contributed by atoms with Gasteiger partial charge in [-0.05, 0) is 49.5 Å². The maximum atomic E-state index is 12.7. The van der Waals surface area contributed by atoms with E-state index in [1.807, 2.05) is 10.7 Å². The van der Waals surface area contributed by atoms with Crippen LogP contribution in [0.5, 0.6) is 0 Å². The van der Waals surface area contributed by atoms with Crippen molar-refractivity contribution in [1.82, 2.24) is 19.9 Å². The van der Waals surface area contributed by atoms with Crippen LogP contribution in [0.4, 0.5) is 0 Å². The Bertz CT molecular complexity index is 766. The molecule has 2 aliphatic rings. The maximum absolute atomic E-state index is 12.7. The minimum Gasteiger partial charge on any atom is -0.349 e. The molecule has 128 valence electrons. The summed E-state index contributed by atoms with van der Waals surface area (Å²) in [7, 11) is 0. The average molecular weight is 326 g/mol. The van der Waals surface area contributed by atoms with E-state index in [2.05, 4.69) is 29.2 Å². The molecule has 0 radical (unpaired) electrons. The molecule has 2 aliphatic carbocycles. The van der Waals surface area contributed by atoms with E-state index in [0.29, 0.717) is 23.0 Å². The highest BCUT2D eigenvalue weighted by atomic mass is 16.1. The zero-order chi connectivity index (χ0) is 16.7. The van der Waals surface area contributed by atoms with E-state index in [1.165, 1.54) is 36.9 Å². The zero-order valence-electron chi connectivity index (χ0n) is 14.6. The third-order valence-corrected chi connectivity index (χ3v) is 5.83. The van der Waals surface area contributed by atoms with Crippen molar-refractivity contribution in [2.45, 2.75) is 64.8 Å². The standard InChI is InChI=1S/C19H26N4O/c1-12-7-8-17-14(9-12)10-20-18-15(11-21-23(17)18)19(24)22-16-6-4-3-5-13(16)2/h10-13,16H,3-9H2,1-2H3,(H,22,24)/t12-,13-,16+/m1/s1. The number of hydrogen-bond acceptors (Lipinski definition) is 3. The number of fused-ring (bicyclic) bond motifs is 3. The number of aromatic nitrogens is 3. The van der Waals surface area contributed by atoms with Crippen LogP contribution in [0.3, 0.4) is 0 Å². The van der Waals surface area contributed by atoms with Gasteiger partial charge in [0, 0.05) is 17.9 Å². The molecule has 0 aromatic carbocycles. The van der Waals surface area contributed by atoms with Crippen LogP contribution in [0.1, 0.15) is 67.6 Å². The van der Waals surface area contributed by atoms with Crippen molar-refractivity contribution in [2.75, 3.05) is 0 Å². The van der Waals surface area contributed by atoms with Crippen molar-refractivity contribution in [3.05, 3.63) is 29.2 Å². The van der Waals surface area contributed by atoms with E-state index in [1.54, 1.807) is 6.20 Å². The number of aryl methyl sites for hydroxylation is 1. The van der Waals surface area contributed by atoms with E-state index < -0.39 is 0 Å². The van der Waals surface area contributed by atoms with Gasteiger partial charge in [-0.2, -0.15) is 5.10 Å². The normalized spacial score (nSPS) is 27.0. The van der Waals surface area contributed by atoms with E-state index in [-0.39, 0.29) is 11.9 Å². The highest BCUT2D eigenvalue weighted by Gasteiger charge is 2.26. The first-order valence-electron chi connectivity index (χ1n) is 9.29. The molecule has 0 aliphatic heterocycles. The fourth-order valence-electron chi connectivity index (χ4n) is 4.25. The molecule has 5 nitrogen and oxygen atoms in total. The van der Waals surface area contributed by atoms with Crippen LogP contribution in [0.25, 0.3) is 5.65 Å². The first-order valence-corrected chi connectivity index (χ1v) is 9.29. The lowest BCUT2D eigenvalue weighted by Gasteiger charge is -2.29. The van der Waals surface area contributed by atoms with Gasteiger partial charge in [0.05, 0.1) is 6.20 Å². The van der Waals surface area contributed by atoms with Gasteiger partial charge in [0.25, 0.3) is 5.91 Å². The van der Waals surface area contributed by atoms with E-state index in [9.17, 15) is 4.79 Å². The van der Waals surface area contributed by atoms with Gasteiger partial charge < -0.3 is 5.32 Å². The highest BCUT2D eigenvalue weighted by Crippen LogP contribution is 2.27. The molecule has 5 heteroatoms. The Labute approximate surface area is 142 Å². The van der Waals surface area contributed by atoms with Crippen LogP contribution in [-0.4, -0.2) is 26.5 Å². The first-order chi connectivity index (χ1) is 11.6. The number of rotatable bonds is 2. The van der Waals surface area contributed by atoms with Crippen molar-refractivity contribution >= 4 is 11.6 Å². The molecule has 24 heavy (non-hydrogen) atoms. The summed E-state index contributed by atoms with van der Waals surface area (Å²) < 4.78 is 1.89. The number of amides is 1. The Morgan fingerprint density at radius 2 is 2.04 bits per heavy atom. The second-order valence-electron chi connectivity index (χ2n) is 7.71. The van der Waals surface area contributed by atoms with Crippen molar-refractivity contribution in [3.63, 3.8) is 0 Å². The molecule has 1 amide bonds. The van der Waals surface area contributed by atoms with E-state index in [4.69, 9.17) is 0 Å². The Morgan fingerprint density at radius 3 is 2.88 bits per heavy atom. The van der Waals surface area contributed by atoms with Gasteiger partial charge in [-0.25, -0.2) is 9.50 Å². The molecule has 4 rings (SSSR count). The second-order valence-corrected chi connectivity index (χ2v) is 7.71. The lowest BCUT2D eigenvalue weighted by Crippen LogP contribution is -2.41. The highest BCUT2D eigenvalue weighted by molar-refractivity contribution is 5.99. The average Bonchev–Trinajstić information content (AvgIpc) is 3.01. The third kappa shape index (κ3) is 2.70. The summed E-state index contributed by atoms with van der Waals surface area (Å²) in [5.74, 6) is 1.22. The Balaban J connectivity index is 1.62. The van der Waals surface area contributed by atoms with Crippen molar-refractivity contribution in [1.29, 1.82) is 0 Å². The minimum atomic E-state index is -0.0274. The monoisotopic (exact) mass is 326 g/mol. The van der Waals surface area contributed by atoms with Crippen LogP contribution < -0.4 is 5.32 Å². The molecule has 0 saturated heterocycles. The number of nitrogens with one attached hydrogen (secondary N) is 1. The van der Waals surface area contributed by atoms with E-state index in [0.717, 1.165) is 19.3 Å². The SMILES string of the molecule is C[C@@H]1CCc2c(cnc3c(C(=O)N[C@H]4CCCC[C@H]4C)cnn23)C1. The van der Waals surface area contributed by atoms with Crippen molar-refractivity contribution < 1.29 is 4.79 Å². The van der Waals surface area contributed by atoms with Gasteiger partial charge in [0.15, 0.2) is 5.65 Å². The molecule has 2 heterocycles. The van der Waals surface area contributed by atoms with Crippen LogP contribution >= 0.6 is 0 Å². The minimum absolute atomic E-state index is 0.0274. The number of carbonyl (C=O) groups is 1. The van der Waals surface area contributed by atoms with Gasteiger partial charge in [-0.15, -0.1) is 0 Å². The summed E-state index contributed by atoms with van der Waals surface area (Å²) in [5, 5.41) is 7.70. The van der Waals surface area contributed by atoms with E-state index >= 15 is 0 Å². The molecule has 3 atom stereocenters. The molecule has 1 N–H and O–H groups in total. The number of hydrogen-bond donors (Lipinski definition) is 1. The summed E-state index contributed by atoms with van der Waals surface area (Å²) in [4.78, 5) is 17.3. The van der Waals surface area contributed by atoms with Crippen LogP contribution in [0.2, 0.25) is 0 Å². The van der Waals surface area contributed by atoms with Gasteiger partial charge in [0.1, 0.15) is 5.56 Å². The summed E-state index contributed by atoms with van der Waals surface area (Å²) in [5.41, 5.74) is 3.80. The van der Waals surface area contributed by atoms with Crippen molar-refractivity contribution in [3.8, 4) is 0 Å². The topological polar surface area (TPSA) is 59.3 Å². The number of nitrogens with zero attached hydrogens (tertiary/aromatic N) is 3. The van der Waals surface area contributed by atoms with Gasteiger partial charge in [-0.1, -0.05) is 26.7 Å². The number of carbonyl (C=O) groups excluding carboxylic acids is 1. The van der Waals surface area contributed by atoms with Crippen molar-refractivity contribution in [2.24, 2.45) is 11.8 Å². The summed E-state index contributed by atoms with van der Waals surface area (Å²) in [6.45, 7) is 4.51. The predicted octanol–water partition coefficient (Wildman–Crippen LogP) is 3.16. The molecule has 0 bridgehead atoms. The lowest BCUT2D eigenvalue weighted by atomic mass is 9.86. The zero-order valence-corrected chi connectivity index (χ0v) is 14.6. The van der Waals surface area contributed by atoms with Gasteiger partial charge in [0.2, 0.25) is 0 Å². The largest absolute Gasteiger partial charge is 0.349 e. The molecule has 1 fully saturated rings. The quantitative estimate of drug-likeness (QED) is 0.922. The summed E-state index contributed by atoms with van der Waals surface area (Å²) in [6.07, 6.45) is 11.6. The molecular weight excluding hydrogens is 300 g/mol. The predicted molar refractivity (Wildman–Crippen MR) is 93.1 cm³/mol. The Hall–Kier alpha value is -1.91. The molecule has 0 unspecified atom stereocenters. The molecule has 0 spiro atoms. The Morgan fingerprint density at radius 1 is 1.21 bits per heavy atom. The maximum Gasteiger partial charge on any atom is 0.256 e. The first kappa shape index (κ1) is 15.6. The summed E-state index contributed by atoms with van der Waals surface area (Å²) >= 11 is 0. The Kier molecular flexibility index (Phi) is 4.02. The van der Waals surface area contributed by atoms with Crippen LogP contribution in [0, 0.1) is 11.8 Å². The van der Waals surface area contributed by atoms with Gasteiger partial charge >= 0.3 is 0 Å². The van der Waals surface area contributed by atoms with Crippen LogP contribution in [0.15, 0.2) is 12.4 Å². The molecule has 2 aromatic rings. The smallest absolute Gasteiger partial charge is 0.256 e. The lowest BCUT2D eigenvalue weighted by molar-refractivity contribution is 0.0911. The fourth-order valence-corrected chi connectivity index (χ4v) is 4.25. The van der Waals surface area contributed by atoms with Crippen LogP contribution in [-0.2, 0) is 12.8 Å².